The number of rotatable bonds is 11. The molecule has 0 aliphatic carbocycles. The zero-order valence-electron chi connectivity index (χ0n) is 17.3. The molecule has 2 rings (SSSR count). The van der Waals surface area contributed by atoms with Crippen molar-refractivity contribution in [2.75, 3.05) is 19.8 Å². The molecular weight excluding hydrogens is 415 g/mol. The molecule has 0 unspecified atom stereocenters. The minimum atomic E-state index is -4.63. The fourth-order valence-electron chi connectivity index (χ4n) is 2.37. The van der Waals surface area contributed by atoms with E-state index in [0.717, 1.165) is 5.56 Å². The molecular formula is C21H24F3N3O4. The van der Waals surface area contributed by atoms with Gasteiger partial charge in [-0.05, 0) is 36.7 Å². The second kappa shape index (κ2) is 11.7. The van der Waals surface area contributed by atoms with Gasteiger partial charge in [-0.1, -0.05) is 24.8 Å². The summed E-state index contributed by atoms with van der Waals surface area (Å²) in [5.41, 5.74) is 1.39. The maximum atomic E-state index is 12.9. The summed E-state index contributed by atoms with van der Waals surface area (Å²) in [4.78, 5) is 5.08. The van der Waals surface area contributed by atoms with E-state index in [0.29, 0.717) is 25.0 Å². The summed E-state index contributed by atoms with van der Waals surface area (Å²) in [5, 5.41) is 8.19. The Balaban J connectivity index is 2.11. The number of hydrogen-bond acceptors (Lipinski definition) is 6. The minimum Gasteiger partial charge on any atom is -0.487 e. The molecule has 0 N–H and O–H groups in total. The number of allylic oxidation sites excluding steroid dienone is 1. The Bertz CT molecular complexity index is 907. The van der Waals surface area contributed by atoms with E-state index in [1.54, 1.807) is 47.4 Å². The molecule has 0 amide bonds. The van der Waals surface area contributed by atoms with Crippen molar-refractivity contribution < 1.29 is 32.2 Å². The lowest BCUT2D eigenvalue weighted by Gasteiger charge is -2.12. The highest BCUT2D eigenvalue weighted by molar-refractivity contribution is 5.93. The summed E-state index contributed by atoms with van der Waals surface area (Å²) in [6, 6.07) is 6.64. The summed E-state index contributed by atoms with van der Waals surface area (Å²) >= 11 is 0. The number of alkyl halides is 3. The summed E-state index contributed by atoms with van der Waals surface area (Å²) in [5.74, 6) is -0.673. The topological polar surface area (TPSA) is 67.1 Å². The van der Waals surface area contributed by atoms with Gasteiger partial charge < -0.3 is 19.0 Å². The van der Waals surface area contributed by atoms with Gasteiger partial charge in [-0.15, -0.1) is 0 Å². The second-order valence-electron chi connectivity index (χ2n) is 6.02. The first-order valence-corrected chi connectivity index (χ1v) is 9.49. The summed E-state index contributed by atoms with van der Waals surface area (Å²) in [6.45, 7) is 7.71. The highest BCUT2D eigenvalue weighted by Gasteiger charge is 2.36. The van der Waals surface area contributed by atoms with Gasteiger partial charge in [0.25, 0.3) is 5.90 Å². The highest BCUT2D eigenvalue weighted by Crippen LogP contribution is 2.27. The average molecular weight is 439 g/mol. The fraction of sp³-hybridized carbons (Fsp3) is 0.333. The first kappa shape index (κ1) is 23.8. The molecule has 7 nitrogen and oxygen atoms in total. The highest BCUT2D eigenvalue weighted by atomic mass is 19.4. The molecule has 0 spiro atoms. The van der Waals surface area contributed by atoms with Crippen molar-refractivity contribution in [2.45, 2.75) is 26.6 Å². The van der Waals surface area contributed by atoms with Crippen molar-refractivity contribution >= 4 is 5.90 Å². The van der Waals surface area contributed by atoms with Crippen LogP contribution >= 0.6 is 0 Å². The van der Waals surface area contributed by atoms with E-state index in [4.69, 9.17) is 14.3 Å². The third-order valence-electron chi connectivity index (χ3n) is 3.63. The molecule has 2 aromatic rings. The first-order valence-electron chi connectivity index (χ1n) is 9.49. The Morgan fingerprint density at radius 1 is 1.23 bits per heavy atom. The predicted molar refractivity (Wildman–Crippen MR) is 108 cm³/mol. The molecule has 31 heavy (non-hydrogen) atoms. The summed E-state index contributed by atoms with van der Waals surface area (Å²) < 4.78 is 55.5. The van der Waals surface area contributed by atoms with Gasteiger partial charge in [0.2, 0.25) is 5.76 Å². The van der Waals surface area contributed by atoms with Crippen LogP contribution < -0.4 is 4.74 Å². The normalized spacial score (nSPS) is 12.4. The van der Waals surface area contributed by atoms with Crippen LogP contribution in [-0.4, -0.2) is 41.7 Å². The van der Waals surface area contributed by atoms with Crippen molar-refractivity contribution in [2.24, 2.45) is 5.16 Å². The van der Waals surface area contributed by atoms with Crippen LogP contribution in [0.3, 0.4) is 0 Å². The van der Waals surface area contributed by atoms with Crippen LogP contribution in [0.25, 0.3) is 0 Å². The predicted octanol–water partition coefficient (Wildman–Crippen LogP) is 4.65. The largest absolute Gasteiger partial charge is 0.487 e. The zero-order chi connectivity index (χ0) is 22.7. The van der Waals surface area contributed by atoms with E-state index < -0.39 is 11.9 Å². The number of hydrogen-bond donors (Lipinski definition) is 0. The second-order valence-corrected chi connectivity index (χ2v) is 6.02. The quantitative estimate of drug-likeness (QED) is 0.127. The summed E-state index contributed by atoms with van der Waals surface area (Å²) in [7, 11) is 0. The number of ether oxygens (including phenoxy) is 3. The van der Waals surface area contributed by atoms with E-state index in [1.165, 1.54) is 6.92 Å². The molecule has 0 bridgehead atoms. The van der Waals surface area contributed by atoms with E-state index in [-0.39, 0.29) is 24.9 Å². The number of oxime groups is 1. The van der Waals surface area contributed by atoms with Crippen molar-refractivity contribution in [3.8, 4) is 5.75 Å². The van der Waals surface area contributed by atoms with Gasteiger partial charge in [0.05, 0.1) is 31.5 Å². The average Bonchev–Trinajstić information content (AvgIpc) is 3.18. The van der Waals surface area contributed by atoms with Crippen LogP contribution in [0.4, 0.5) is 13.2 Å². The molecule has 0 aliphatic rings. The summed E-state index contributed by atoms with van der Waals surface area (Å²) in [6.07, 6.45) is 0.784. The first-order chi connectivity index (χ1) is 14.9. The van der Waals surface area contributed by atoms with Crippen LogP contribution in [0.15, 0.2) is 66.5 Å². The number of benzene rings is 1. The molecule has 1 heterocycles. The monoisotopic (exact) mass is 439 g/mol. The Morgan fingerprint density at radius 3 is 2.68 bits per heavy atom. The van der Waals surface area contributed by atoms with Gasteiger partial charge >= 0.3 is 6.18 Å². The molecule has 0 saturated carbocycles. The maximum Gasteiger partial charge on any atom is 0.452 e. The lowest BCUT2D eigenvalue weighted by atomic mass is 10.2. The third-order valence-corrected chi connectivity index (χ3v) is 3.63. The SMILES string of the molecule is C=CCO/N=C(/OCC)c1cnn(Cc2cccc(O/C=C(\OCC)C(F)(F)F)c2)c1. The standard InChI is InChI=1S/C21H24F3N3O4/c1-4-10-31-26-20(29-6-3)17-12-25-27(14-17)13-16-8-7-9-18(11-16)30-15-19(28-5-2)21(22,23)24/h4,7-9,11-12,14-15H,1,5-6,10,13H2,2-3H3/b19-15-,26-20+. The van der Waals surface area contributed by atoms with Crippen molar-refractivity contribution in [3.63, 3.8) is 0 Å². The molecule has 1 aromatic heterocycles. The van der Waals surface area contributed by atoms with Crippen LogP contribution in [0, 0.1) is 0 Å². The van der Waals surface area contributed by atoms with Gasteiger partial charge in [0, 0.05) is 6.20 Å². The molecule has 10 heteroatoms. The van der Waals surface area contributed by atoms with Crippen LogP contribution in [0.5, 0.6) is 5.75 Å². The Hall–Kier alpha value is -3.43. The van der Waals surface area contributed by atoms with Crippen molar-refractivity contribution in [1.82, 2.24) is 9.78 Å². The van der Waals surface area contributed by atoms with Gasteiger partial charge in [0.1, 0.15) is 18.6 Å². The maximum absolute atomic E-state index is 12.9. The number of halogens is 3. The van der Waals surface area contributed by atoms with Gasteiger partial charge in [-0.25, -0.2) is 0 Å². The van der Waals surface area contributed by atoms with Crippen LogP contribution in [0.2, 0.25) is 0 Å². The Morgan fingerprint density at radius 2 is 2.00 bits per heavy atom. The molecule has 1 aromatic carbocycles. The van der Waals surface area contributed by atoms with Crippen molar-refractivity contribution in [3.05, 3.63) is 72.5 Å². The van der Waals surface area contributed by atoms with Crippen molar-refractivity contribution in [1.29, 1.82) is 0 Å². The zero-order valence-corrected chi connectivity index (χ0v) is 17.3. The lowest BCUT2D eigenvalue weighted by molar-refractivity contribution is -0.132. The smallest absolute Gasteiger partial charge is 0.452 e. The van der Waals surface area contributed by atoms with Crippen LogP contribution in [-0.2, 0) is 20.9 Å². The molecule has 0 radical (unpaired) electrons. The van der Waals surface area contributed by atoms with Gasteiger partial charge in [-0.3, -0.25) is 4.68 Å². The van der Waals surface area contributed by atoms with Gasteiger partial charge in [0.15, 0.2) is 0 Å². The molecule has 0 atom stereocenters. The van der Waals surface area contributed by atoms with E-state index in [1.807, 2.05) is 6.92 Å². The Labute approximate surface area is 178 Å². The molecule has 0 aliphatic heterocycles. The van der Waals surface area contributed by atoms with E-state index in [9.17, 15) is 13.2 Å². The van der Waals surface area contributed by atoms with E-state index >= 15 is 0 Å². The number of aromatic nitrogens is 2. The molecule has 168 valence electrons. The van der Waals surface area contributed by atoms with Crippen LogP contribution in [0.1, 0.15) is 25.0 Å². The van der Waals surface area contributed by atoms with E-state index in [2.05, 4.69) is 21.6 Å². The lowest BCUT2D eigenvalue weighted by Crippen LogP contribution is -2.15. The van der Waals surface area contributed by atoms with Gasteiger partial charge in [-0.2, -0.15) is 18.3 Å². The molecule has 0 fully saturated rings. The fourth-order valence-corrected chi connectivity index (χ4v) is 2.37. The minimum absolute atomic E-state index is 0.123. The third kappa shape index (κ3) is 7.72. The molecule has 0 saturated heterocycles. The Kier molecular flexibility index (Phi) is 8.98. The number of nitrogens with zero attached hydrogens (tertiary/aromatic N) is 3.